The average Bonchev–Trinajstić information content (AvgIpc) is 2.89. The average molecular weight is 302 g/mol. The first-order valence-electron chi connectivity index (χ1n) is 7.98. The van der Waals surface area contributed by atoms with Crippen LogP contribution in [-0.4, -0.2) is 15.3 Å². The fourth-order valence-corrected chi connectivity index (χ4v) is 3.85. The summed E-state index contributed by atoms with van der Waals surface area (Å²) in [6, 6.07) is 10.5. The molecule has 0 saturated heterocycles. The van der Waals surface area contributed by atoms with E-state index in [0.29, 0.717) is 0 Å². The van der Waals surface area contributed by atoms with Gasteiger partial charge in [-0.3, -0.25) is 4.57 Å². The zero-order chi connectivity index (χ0) is 15.1. The van der Waals surface area contributed by atoms with Gasteiger partial charge < -0.3 is 0 Å². The number of unbranched alkanes of at least 4 members (excludes halogenated alkanes) is 1. The van der Waals surface area contributed by atoms with Crippen molar-refractivity contribution < 1.29 is 0 Å². The molecule has 0 spiro atoms. The number of thioether (sulfide) groups is 1. The molecule has 0 bridgehead atoms. The maximum absolute atomic E-state index is 4.49. The van der Waals surface area contributed by atoms with Crippen LogP contribution in [0.3, 0.4) is 0 Å². The minimum Gasteiger partial charge on any atom is -0.293 e. The van der Waals surface area contributed by atoms with Crippen LogP contribution in [0.4, 0.5) is 0 Å². The van der Waals surface area contributed by atoms with Gasteiger partial charge in [0, 0.05) is 17.6 Å². The summed E-state index contributed by atoms with van der Waals surface area (Å²) < 4.78 is 2.26. The summed E-state index contributed by atoms with van der Waals surface area (Å²) in [6.45, 7) is 6.73. The van der Waals surface area contributed by atoms with Crippen molar-refractivity contribution in [2.24, 2.45) is 5.92 Å². The summed E-state index contributed by atoms with van der Waals surface area (Å²) in [5.74, 6) is 3.04. The lowest BCUT2D eigenvalue weighted by atomic mass is 10.0. The number of pyridine rings is 1. The molecule has 2 aromatic heterocycles. The van der Waals surface area contributed by atoms with Gasteiger partial charge in [0.05, 0.1) is 5.03 Å². The molecule has 0 aliphatic rings. The Balaban J connectivity index is 2.08. The Kier molecular flexibility index (Phi) is 6.37. The van der Waals surface area contributed by atoms with Gasteiger partial charge in [0.15, 0.2) is 0 Å². The smallest absolute Gasteiger partial charge is 0.137 e. The highest BCUT2D eigenvalue weighted by molar-refractivity contribution is 7.99. The molecule has 2 nitrogen and oxygen atoms in total. The van der Waals surface area contributed by atoms with Gasteiger partial charge in [-0.1, -0.05) is 39.2 Å². The van der Waals surface area contributed by atoms with Gasteiger partial charge in [-0.05, 0) is 43.5 Å². The van der Waals surface area contributed by atoms with Crippen LogP contribution in [0, 0.1) is 12.8 Å². The van der Waals surface area contributed by atoms with Gasteiger partial charge in [0.1, 0.15) is 5.82 Å². The molecule has 0 aliphatic carbocycles. The van der Waals surface area contributed by atoms with E-state index in [0.717, 1.165) is 11.7 Å². The van der Waals surface area contributed by atoms with Crippen molar-refractivity contribution in [1.82, 2.24) is 9.55 Å². The Labute approximate surface area is 133 Å². The van der Waals surface area contributed by atoms with Crippen molar-refractivity contribution in [2.45, 2.75) is 51.5 Å². The number of nitrogens with zero attached hydrogens (tertiary/aromatic N) is 2. The minimum absolute atomic E-state index is 0.822. The molecule has 1 atom stereocenters. The molecule has 1 unspecified atom stereocenters. The van der Waals surface area contributed by atoms with Gasteiger partial charge in [0.2, 0.25) is 0 Å². The summed E-state index contributed by atoms with van der Waals surface area (Å²) in [6.07, 6.45) is 7.13. The lowest BCUT2D eigenvalue weighted by Crippen LogP contribution is -2.05. The van der Waals surface area contributed by atoms with E-state index in [9.17, 15) is 0 Å². The first kappa shape index (κ1) is 16.2. The zero-order valence-electron chi connectivity index (χ0n) is 13.4. The largest absolute Gasteiger partial charge is 0.293 e. The van der Waals surface area contributed by atoms with Crippen LogP contribution < -0.4 is 0 Å². The first-order valence-corrected chi connectivity index (χ1v) is 8.97. The molecule has 0 fully saturated rings. The van der Waals surface area contributed by atoms with Crippen LogP contribution >= 0.6 is 11.8 Å². The molecule has 114 valence electrons. The van der Waals surface area contributed by atoms with Gasteiger partial charge in [-0.25, -0.2) is 4.98 Å². The van der Waals surface area contributed by atoms with Gasteiger partial charge in [0.25, 0.3) is 0 Å². The predicted octanol–water partition coefficient (Wildman–Crippen LogP) is 5.49. The van der Waals surface area contributed by atoms with E-state index in [-0.39, 0.29) is 0 Å². The highest BCUT2D eigenvalue weighted by Gasteiger charge is 2.12. The van der Waals surface area contributed by atoms with E-state index >= 15 is 0 Å². The zero-order valence-corrected chi connectivity index (χ0v) is 14.2. The molecule has 2 heterocycles. The lowest BCUT2D eigenvalue weighted by molar-refractivity contribution is 0.499. The summed E-state index contributed by atoms with van der Waals surface area (Å²) in [5, 5.41) is 1.31. The lowest BCUT2D eigenvalue weighted by Gasteiger charge is -2.15. The minimum atomic E-state index is 0.822. The number of rotatable bonds is 8. The Bertz CT molecular complexity index is 533. The summed E-state index contributed by atoms with van der Waals surface area (Å²) in [7, 11) is 0. The third-order valence-corrected chi connectivity index (χ3v) is 5.18. The third kappa shape index (κ3) is 4.37. The molecule has 2 rings (SSSR count). The molecule has 0 radical (unpaired) electrons. The molecule has 0 N–H and O–H groups in total. The van der Waals surface area contributed by atoms with Gasteiger partial charge in [-0.15, -0.1) is 11.8 Å². The van der Waals surface area contributed by atoms with Crippen molar-refractivity contribution >= 4 is 11.8 Å². The predicted molar refractivity (Wildman–Crippen MR) is 92.3 cm³/mol. The third-order valence-electron chi connectivity index (χ3n) is 3.93. The molecule has 2 aromatic rings. The van der Waals surface area contributed by atoms with E-state index in [4.69, 9.17) is 0 Å². The van der Waals surface area contributed by atoms with Crippen LogP contribution in [0.25, 0.3) is 5.82 Å². The van der Waals surface area contributed by atoms with Crippen LogP contribution in [-0.2, 0) is 0 Å². The quantitative estimate of drug-likeness (QED) is 0.600. The normalized spacial score (nSPS) is 12.5. The molecule has 21 heavy (non-hydrogen) atoms. The number of aryl methyl sites for hydroxylation is 1. The number of hydrogen-bond acceptors (Lipinski definition) is 2. The highest BCUT2D eigenvalue weighted by atomic mass is 32.2. The van der Waals surface area contributed by atoms with E-state index in [2.05, 4.69) is 48.5 Å². The van der Waals surface area contributed by atoms with Crippen molar-refractivity contribution in [1.29, 1.82) is 0 Å². The van der Waals surface area contributed by atoms with Crippen molar-refractivity contribution in [2.75, 3.05) is 5.75 Å². The molecule has 0 aromatic carbocycles. The van der Waals surface area contributed by atoms with Gasteiger partial charge >= 0.3 is 0 Å². The van der Waals surface area contributed by atoms with E-state index in [1.165, 1.54) is 42.2 Å². The Morgan fingerprint density at radius 2 is 2.05 bits per heavy atom. The molecule has 3 heteroatoms. The number of hydrogen-bond donors (Lipinski definition) is 0. The first-order chi connectivity index (χ1) is 10.3. The maximum Gasteiger partial charge on any atom is 0.137 e. The molecule has 0 amide bonds. The van der Waals surface area contributed by atoms with E-state index in [1.807, 2.05) is 30.1 Å². The second-order valence-corrected chi connectivity index (χ2v) is 6.60. The standard InChI is InChI=1S/C18H26N2S/c1-4-6-9-16(5-2)14-21-18-12-11-15(3)20(18)17-10-7-8-13-19-17/h7-8,10-13,16H,4-6,9,14H2,1-3H3. The fraction of sp³-hybridized carbons (Fsp3) is 0.500. The van der Waals surface area contributed by atoms with Crippen LogP contribution in [0.15, 0.2) is 41.6 Å². The Hall–Kier alpha value is -1.22. The molecule has 0 saturated carbocycles. The highest BCUT2D eigenvalue weighted by Crippen LogP contribution is 2.28. The van der Waals surface area contributed by atoms with Crippen LogP contribution in [0.2, 0.25) is 0 Å². The summed E-state index contributed by atoms with van der Waals surface area (Å²) in [4.78, 5) is 4.49. The van der Waals surface area contributed by atoms with Crippen LogP contribution in [0.5, 0.6) is 0 Å². The Morgan fingerprint density at radius 1 is 1.19 bits per heavy atom. The molecule has 0 aliphatic heterocycles. The van der Waals surface area contributed by atoms with Crippen LogP contribution in [0.1, 0.15) is 45.2 Å². The summed E-state index contributed by atoms with van der Waals surface area (Å²) in [5.41, 5.74) is 1.25. The fourth-order valence-electron chi connectivity index (χ4n) is 2.51. The van der Waals surface area contributed by atoms with Crippen molar-refractivity contribution in [3.63, 3.8) is 0 Å². The topological polar surface area (TPSA) is 17.8 Å². The monoisotopic (exact) mass is 302 g/mol. The van der Waals surface area contributed by atoms with Gasteiger partial charge in [-0.2, -0.15) is 0 Å². The summed E-state index contributed by atoms with van der Waals surface area (Å²) >= 11 is 1.97. The molecular weight excluding hydrogens is 276 g/mol. The number of aromatic nitrogens is 2. The van der Waals surface area contributed by atoms with Crippen molar-refractivity contribution in [3.8, 4) is 5.82 Å². The SMILES string of the molecule is CCCCC(CC)CSc1ccc(C)n1-c1ccccn1. The second-order valence-electron chi connectivity index (χ2n) is 5.56. The van der Waals surface area contributed by atoms with E-state index in [1.54, 1.807) is 0 Å². The van der Waals surface area contributed by atoms with Crippen molar-refractivity contribution in [3.05, 3.63) is 42.2 Å². The second kappa shape index (κ2) is 8.28. The molecular formula is C18H26N2S. The van der Waals surface area contributed by atoms with E-state index < -0.39 is 0 Å². The maximum atomic E-state index is 4.49. The Morgan fingerprint density at radius 3 is 2.71 bits per heavy atom.